The molecule has 2 saturated heterocycles. The van der Waals surface area contributed by atoms with Gasteiger partial charge in [0.2, 0.25) is 11.8 Å². The third-order valence-electron chi connectivity index (χ3n) is 5.70. The Morgan fingerprint density at radius 1 is 1.00 bits per heavy atom. The summed E-state index contributed by atoms with van der Waals surface area (Å²) in [6.45, 7) is 4.79. The molecule has 2 fully saturated rings. The van der Waals surface area contributed by atoms with Gasteiger partial charge in [0.25, 0.3) is 11.8 Å². The van der Waals surface area contributed by atoms with E-state index in [0.29, 0.717) is 18.0 Å². The first-order chi connectivity index (χ1) is 13.7. The Balaban J connectivity index is 1.77. The van der Waals surface area contributed by atoms with Gasteiger partial charge in [-0.3, -0.25) is 29.4 Å². The molecule has 154 valence electrons. The molecule has 0 spiro atoms. The van der Waals surface area contributed by atoms with Gasteiger partial charge in [-0.05, 0) is 26.3 Å². The topological polar surface area (TPSA) is 98.8 Å². The monoisotopic (exact) mass is 406 g/mol. The van der Waals surface area contributed by atoms with E-state index in [1.54, 1.807) is 4.90 Å². The van der Waals surface area contributed by atoms with Crippen LogP contribution in [-0.2, 0) is 9.59 Å². The van der Waals surface area contributed by atoms with Gasteiger partial charge in [0.1, 0.15) is 6.04 Å². The highest BCUT2D eigenvalue weighted by molar-refractivity contribution is 6.24. The number of piperidine rings is 1. The van der Waals surface area contributed by atoms with Crippen molar-refractivity contribution >= 4 is 29.3 Å². The normalized spacial score (nSPS) is 27.4. The van der Waals surface area contributed by atoms with E-state index < -0.39 is 46.9 Å². The van der Waals surface area contributed by atoms with Gasteiger partial charge in [0.15, 0.2) is 11.6 Å². The summed E-state index contributed by atoms with van der Waals surface area (Å²) >= 11 is 0. The highest BCUT2D eigenvalue weighted by Gasteiger charge is 2.47. The zero-order valence-electron chi connectivity index (χ0n) is 15.9. The molecule has 10 heteroatoms. The fourth-order valence-corrected chi connectivity index (χ4v) is 4.34. The van der Waals surface area contributed by atoms with Crippen LogP contribution in [0.3, 0.4) is 0 Å². The summed E-state index contributed by atoms with van der Waals surface area (Å²) in [5.41, 5.74) is -1.03. The van der Waals surface area contributed by atoms with Crippen molar-refractivity contribution in [2.75, 3.05) is 18.0 Å². The predicted octanol–water partition coefficient (Wildman–Crippen LogP) is 0.553. The second-order valence-corrected chi connectivity index (χ2v) is 7.66. The Kier molecular flexibility index (Phi) is 4.60. The van der Waals surface area contributed by atoms with Gasteiger partial charge < -0.3 is 10.2 Å². The fourth-order valence-electron chi connectivity index (χ4n) is 4.34. The third kappa shape index (κ3) is 2.89. The number of benzene rings is 1. The van der Waals surface area contributed by atoms with Crippen LogP contribution < -0.4 is 15.5 Å². The lowest BCUT2D eigenvalue weighted by Gasteiger charge is -2.41. The summed E-state index contributed by atoms with van der Waals surface area (Å²) in [5.74, 6) is -5.84. The maximum absolute atomic E-state index is 14.9. The first kappa shape index (κ1) is 19.4. The zero-order chi connectivity index (χ0) is 21.0. The average molecular weight is 406 g/mol. The molecule has 3 unspecified atom stereocenters. The molecule has 1 aromatic carbocycles. The summed E-state index contributed by atoms with van der Waals surface area (Å²) in [5, 5.41) is 5.25. The lowest BCUT2D eigenvalue weighted by Crippen LogP contribution is -2.55. The maximum Gasteiger partial charge on any atom is 0.265 e. The summed E-state index contributed by atoms with van der Waals surface area (Å²) in [7, 11) is 0. The van der Waals surface area contributed by atoms with E-state index in [4.69, 9.17) is 0 Å². The quantitative estimate of drug-likeness (QED) is 0.697. The molecule has 4 rings (SSSR count). The molecule has 4 amide bonds. The molecule has 0 radical (unpaired) electrons. The lowest BCUT2D eigenvalue weighted by atomic mass is 10.0. The minimum atomic E-state index is -1.40. The SMILES string of the molecule is CC1CNCC(C)N1c1cc2c(c(F)c1F)C(=O)N(C1CCC(=O)NC1=O)C2=O. The first-order valence-corrected chi connectivity index (χ1v) is 9.45. The number of anilines is 1. The molecule has 8 nitrogen and oxygen atoms in total. The molecule has 0 aromatic heterocycles. The van der Waals surface area contributed by atoms with Gasteiger partial charge in [-0.1, -0.05) is 0 Å². The third-order valence-corrected chi connectivity index (χ3v) is 5.70. The number of amides is 4. The van der Waals surface area contributed by atoms with E-state index in [9.17, 15) is 28.0 Å². The molecular formula is C19H20F2N4O4. The number of halogens is 2. The summed E-state index contributed by atoms with van der Waals surface area (Å²) in [6.07, 6.45) is -0.110. The van der Waals surface area contributed by atoms with Gasteiger partial charge in [0, 0.05) is 31.6 Å². The lowest BCUT2D eigenvalue weighted by molar-refractivity contribution is -0.136. The molecule has 3 aliphatic rings. The number of imide groups is 2. The molecule has 3 heterocycles. The van der Waals surface area contributed by atoms with Crippen molar-refractivity contribution in [2.45, 2.75) is 44.8 Å². The number of carbonyl (C=O) groups is 4. The Bertz CT molecular complexity index is 941. The molecule has 2 N–H and O–H groups in total. The van der Waals surface area contributed by atoms with Crippen molar-refractivity contribution in [1.29, 1.82) is 0 Å². The number of piperazine rings is 1. The average Bonchev–Trinajstić information content (AvgIpc) is 2.90. The minimum Gasteiger partial charge on any atom is -0.361 e. The summed E-state index contributed by atoms with van der Waals surface area (Å²) in [6, 6.07) is -0.366. The molecule has 3 aliphatic heterocycles. The Morgan fingerprint density at radius 2 is 1.66 bits per heavy atom. The van der Waals surface area contributed by atoms with E-state index in [1.807, 2.05) is 13.8 Å². The maximum atomic E-state index is 14.9. The standard InChI is InChI=1S/C19H20F2N4O4/c1-8-6-22-7-9(2)24(8)12-5-10-14(16(21)15(12)20)19(29)25(18(10)28)11-3-4-13(26)23-17(11)27/h5,8-9,11,22H,3-4,6-7H2,1-2H3,(H,23,26,27). The molecule has 0 aliphatic carbocycles. The van der Waals surface area contributed by atoms with Crippen molar-refractivity contribution < 1.29 is 28.0 Å². The molecular weight excluding hydrogens is 386 g/mol. The highest BCUT2D eigenvalue weighted by atomic mass is 19.2. The van der Waals surface area contributed by atoms with E-state index in [2.05, 4.69) is 10.6 Å². The Labute approximate surface area is 165 Å². The summed E-state index contributed by atoms with van der Waals surface area (Å²) < 4.78 is 29.9. The van der Waals surface area contributed by atoms with E-state index >= 15 is 0 Å². The predicted molar refractivity (Wildman–Crippen MR) is 97.3 cm³/mol. The van der Waals surface area contributed by atoms with Crippen LogP contribution in [0, 0.1) is 11.6 Å². The number of fused-ring (bicyclic) bond motifs is 1. The van der Waals surface area contributed by atoms with Crippen molar-refractivity contribution in [3.05, 3.63) is 28.8 Å². The molecule has 0 bridgehead atoms. The van der Waals surface area contributed by atoms with Crippen LogP contribution in [0.25, 0.3) is 0 Å². The molecule has 29 heavy (non-hydrogen) atoms. The van der Waals surface area contributed by atoms with Crippen molar-refractivity contribution in [2.24, 2.45) is 0 Å². The van der Waals surface area contributed by atoms with E-state index in [-0.39, 0.29) is 36.2 Å². The molecule has 1 aromatic rings. The van der Waals surface area contributed by atoms with Gasteiger partial charge in [0.05, 0.1) is 16.8 Å². The largest absolute Gasteiger partial charge is 0.361 e. The first-order valence-electron chi connectivity index (χ1n) is 9.45. The van der Waals surface area contributed by atoms with Crippen LogP contribution in [0.5, 0.6) is 0 Å². The number of hydrogen-bond donors (Lipinski definition) is 2. The number of nitrogens with zero attached hydrogens (tertiary/aromatic N) is 2. The number of carbonyl (C=O) groups excluding carboxylic acids is 4. The van der Waals surface area contributed by atoms with Crippen molar-refractivity contribution in [3.63, 3.8) is 0 Å². The van der Waals surface area contributed by atoms with Gasteiger partial charge in [-0.25, -0.2) is 8.78 Å². The molecule has 3 atom stereocenters. The number of nitrogens with one attached hydrogen (secondary N) is 2. The van der Waals surface area contributed by atoms with Crippen molar-refractivity contribution in [3.8, 4) is 0 Å². The molecule has 0 saturated carbocycles. The van der Waals surface area contributed by atoms with E-state index in [0.717, 1.165) is 0 Å². The number of hydrogen-bond acceptors (Lipinski definition) is 6. The second kappa shape index (κ2) is 6.87. The van der Waals surface area contributed by atoms with Crippen LogP contribution in [-0.4, -0.2) is 59.7 Å². The van der Waals surface area contributed by atoms with Gasteiger partial charge in [-0.2, -0.15) is 0 Å². The fraction of sp³-hybridized carbons (Fsp3) is 0.474. The number of rotatable bonds is 2. The van der Waals surface area contributed by atoms with Crippen LogP contribution in [0.4, 0.5) is 14.5 Å². The highest BCUT2D eigenvalue weighted by Crippen LogP contribution is 2.36. The minimum absolute atomic E-state index is 0.0539. The summed E-state index contributed by atoms with van der Waals surface area (Å²) in [4.78, 5) is 51.4. The van der Waals surface area contributed by atoms with Crippen LogP contribution in [0.15, 0.2) is 6.07 Å². The Hall–Kier alpha value is -2.88. The smallest absolute Gasteiger partial charge is 0.265 e. The van der Waals surface area contributed by atoms with Gasteiger partial charge >= 0.3 is 0 Å². The van der Waals surface area contributed by atoms with Crippen LogP contribution in [0.2, 0.25) is 0 Å². The second-order valence-electron chi connectivity index (χ2n) is 7.66. The van der Waals surface area contributed by atoms with Crippen LogP contribution in [0.1, 0.15) is 47.4 Å². The Morgan fingerprint density at radius 3 is 2.28 bits per heavy atom. The zero-order valence-corrected chi connectivity index (χ0v) is 15.9. The van der Waals surface area contributed by atoms with Crippen LogP contribution >= 0.6 is 0 Å². The van der Waals surface area contributed by atoms with Gasteiger partial charge in [-0.15, -0.1) is 0 Å². The van der Waals surface area contributed by atoms with Crippen molar-refractivity contribution in [1.82, 2.24) is 15.5 Å². The van der Waals surface area contributed by atoms with E-state index in [1.165, 1.54) is 6.07 Å².